The van der Waals surface area contributed by atoms with Gasteiger partial charge in [0.2, 0.25) is 0 Å². The quantitative estimate of drug-likeness (QED) is 0.816. The van der Waals surface area contributed by atoms with Crippen LogP contribution in [0.2, 0.25) is 5.15 Å². The maximum Gasteiger partial charge on any atom is 0.134 e. The van der Waals surface area contributed by atoms with Crippen molar-refractivity contribution >= 4 is 17.4 Å². The fourth-order valence-corrected chi connectivity index (χ4v) is 2.94. The van der Waals surface area contributed by atoms with Crippen molar-refractivity contribution < 1.29 is 0 Å². The van der Waals surface area contributed by atoms with Crippen molar-refractivity contribution in [3.63, 3.8) is 0 Å². The number of hydrogen-bond donors (Lipinski definition) is 0. The van der Waals surface area contributed by atoms with Crippen LogP contribution in [0.1, 0.15) is 18.7 Å². The Labute approximate surface area is 123 Å². The lowest BCUT2D eigenvalue weighted by Gasteiger charge is -2.33. The van der Waals surface area contributed by atoms with E-state index in [0.717, 1.165) is 31.3 Å². The van der Waals surface area contributed by atoms with Crippen molar-refractivity contribution in [3.8, 4) is 0 Å². The highest BCUT2D eigenvalue weighted by atomic mass is 35.5. The Balaban J connectivity index is 1.69. The molecule has 1 saturated heterocycles. The normalized spacial score (nSPS) is 19.3. The molecule has 2 aromatic rings. The minimum absolute atomic E-state index is 0.502. The van der Waals surface area contributed by atoms with Gasteiger partial charge >= 0.3 is 0 Å². The molecular weight excluding hydrogens is 274 g/mol. The summed E-state index contributed by atoms with van der Waals surface area (Å²) < 4.78 is 2.22. The van der Waals surface area contributed by atoms with Gasteiger partial charge in [-0.15, -0.1) is 0 Å². The van der Waals surface area contributed by atoms with Gasteiger partial charge in [-0.25, -0.2) is 15.0 Å². The molecule has 2 aromatic heterocycles. The van der Waals surface area contributed by atoms with Gasteiger partial charge in [-0.3, -0.25) is 0 Å². The standard InChI is InChI=1S/C14H18ClN5/c1-11-16-4-6-19(11)8-12-3-2-5-20(9-12)14-7-13(15)17-10-18-14/h4,6-7,10,12H,2-3,5,8-9H2,1H3. The zero-order valence-electron chi connectivity index (χ0n) is 11.5. The molecule has 1 fully saturated rings. The van der Waals surface area contributed by atoms with Crippen molar-refractivity contribution in [1.29, 1.82) is 0 Å². The molecule has 20 heavy (non-hydrogen) atoms. The van der Waals surface area contributed by atoms with E-state index in [4.69, 9.17) is 11.6 Å². The second-order valence-electron chi connectivity index (χ2n) is 5.28. The first-order chi connectivity index (χ1) is 9.72. The van der Waals surface area contributed by atoms with Gasteiger partial charge in [0.15, 0.2) is 0 Å². The number of piperidine rings is 1. The van der Waals surface area contributed by atoms with Crippen LogP contribution in [0.3, 0.4) is 0 Å². The van der Waals surface area contributed by atoms with Gasteiger partial charge in [0, 0.05) is 38.1 Å². The Hall–Kier alpha value is -1.62. The molecule has 0 saturated carbocycles. The highest BCUT2D eigenvalue weighted by Crippen LogP contribution is 2.24. The summed E-state index contributed by atoms with van der Waals surface area (Å²) in [7, 11) is 0. The summed E-state index contributed by atoms with van der Waals surface area (Å²) in [5.74, 6) is 2.62. The van der Waals surface area contributed by atoms with Crippen molar-refractivity contribution in [2.45, 2.75) is 26.3 Å². The first-order valence-electron chi connectivity index (χ1n) is 6.92. The van der Waals surface area contributed by atoms with Gasteiger partial charge in [-0.05, 0) is 25.7 Å². The SMILES string of the molecule is Cc1nccn1CC1CCCN(c2cc(Cl)ncn2)C1. The largest absolute Gasteiger partial charge is 0.356 e. The van der Waals surface area contributed by atoms with Gasteiger partial charge in [-0.1, -0.05) is 11.6 Å². The van der Waals surface area contributed by atoms with E-state index in [2.05, 4.69) is 30.6 Å². The second kappa shape index (κ2) is 5.79. The van der Waals surface area contributed by atoms with Crippen molar-refractivity contribution in [1.82, 2.24) is 19.5 Å². The van der Waals surface area contributed by atoms with E-state index in [1.54, 1.807) is 0 Å². The molecule has 1 atom stereocenters. The lowest BCUT2D eigenvalue weighted by Crippen LogP contribution is -2.37. The predicted octanol–water partition coefficient (Wildman–Crippen LogP) is 2.55. The molecule has 0 N–H and O–H groups in total. The van der Waals surface area contributed by atoms with Gasteiger partial charge in [0.25, 0.3) is 0 Å². The summed E-state index contributed by atoms with van der Waals surface area (Å²) in [5.41, 5.74) is 0. The van der Waals surface area contributed by atoms with Gasteiger partial charge in [0.05, 0.1) is 0 Å². The van der Waals surface area contributed by atoms with Crippen molar-refractivity contribution in [2.24, 2.45) is 5.92 Å². The van der Waals surface area contributed by atoms with Crippen LogP contribution in [0, 0.1) is 12.8 Å². The lowest BCUT2D eigenvalue weighted by atomic mass is 9.98. The maximum absolute atomic E-state index is 5.95. The van der Waals surface area contributed by atoms with E-state index in [-0.39, 0.29) is 0 Å². The maximum atomic E-state index is 5.95. The number of hydrogen-bond acceptors (Lipinski definition) is 4. The van der Waals surface area contributed by atoms with Crippen LogP contribution in [0.15, 0.2) is 24.8 Å². The number of nitrogens with zero attached hydrogens (tertiary/aromatic N) is 5. The average Bonchev–Trinajstić information content (AvgIpc) is 2.85. The summed E-state index contributed by atoms with van der Waals surface area (Å²) in [6, 6.07) is 1.84. The van der Waals surface area contributed by atoms with Crippen LogP contribution < -0.4 is 4.90 Å². The Kier molecular flexibility index (Phi) is 3.87. The van der Waals surface area contributed by atoms with Crippen LogP contribution in [-0.4, -0.2) is 32.6 Å². The smallest absolute Gasteiger partial charge is 0.134 e. The summed E-state index contributed by atoms with van der Waals surface area (Å²) in [6.07, 6.45) is 7.87. The van der Waals surface area contributed by atoms with E-state index < -0.39 is 0 Å². The Morgan fingerprint density at radius 3 is 3.00 bits per heavy atom. The molecule has 0 radical (unpaired) electrons. The molecule has 0 spiro atoms. The van der Waals surface area contributed by atoms with Gasteiger partial charge < -0.3 is 9.47 Å². The molecule has 1 aliphatic rings. The molecular formula is C14H18ClN5. The second-order valence-corrected chi connectivity index (χ2v) is 5.67. The van der Waals surface area contributed by atoms with Crippen molar-refractivity contribution in [2.75, 3.05) is 18.0 Å². The molecule has 3 rings (SSSR count). The highest BCUT2D eigenvalue weighted by molar-refractivity contribution is 6.29. The highest BCUT2D eigenvalue weighted by Gasteiger charge is 2.21. The minimum atomic E-state index is 0.502. The van der Waals surface area contributed by atoms with Crippen LogP contribution in [0.5, 0.6) is 0 Å². The topological polar surface area (TPSA) is 46.8 Å². The molecule has 0 aliphatic carbocycles. The summed E-state index contributed by atoms with van der Waals surface area (Å²) >= 11 is 5.95. The monoisotopic (exact) mass is 291 g/mol. The number of aryl methyl sites for hydroxylation is 1. The van der Waals surface area contributed by atoms with Gasteiger partial charge in [0.1, 0.15) is 23.1 Å². The lowest BCUT2D eigenvalue weighted by molar-refractivity contribution is 0.362. The minimum Gasteiger partial charge on any atom is -0.356 e. The molecule has 106 valence electrons. The van der Waals surface area contributed by atoms with E-state index in [1.165, 1.54) is 19.2 Å². The third-order valence-corrected chi connectivity index (χ3v) is 4.05. The average molecular weight is 292 g/mol. The zero-order valence-corrected chi connectivity index (χ0v) is 12.3. The molecule has 6 heteroatoms. The summed E-state index contributed by atoms with van der Waals surface area (Å²) in [6.45, 7) is 5.10. The molecule has 5 nitrogen and oxygen atoms in total. The van der Waals surface area contributed by atoms with Crippen LogP contribution in [0.4, 0.5) is 5.82 Å². The fourth-order valence-electron chi connectivity index (χ4n) is 2.79. The van der Waals surface area contributed by atoms with E-state index >= 15 is 0 Å². The molecule has 0 bridgehead atoms. The van der Waals surface area contributed by atoms with E-state index in [0.29, 0.717) is 11.1 Å². The number of halogens is 1. The predicted molar refractivity (Wildman–Crippen MR) is 78.9 cm³/mol. The van der Waals surface area contributed by atoms with E-state index in [1.807, 2.05) is 19.2 Å². The van der Waals surface area contributed by atoms with Gasteiger partial charge in [-0.2, -0.15) is 0 Å². The first-order valence-corrected chi connectivity index (χ1v) is 7.30. The number of imidazole rings is 1. The van der Waals surface area contributed by atoms with Crippen LogP contribution in [0.25, 0.3) is 0 Å². The molecule has 0 aromatic carbocycles. The van der Waals surface area contributed by atoms with Crippen LogP contribution >= 0.6 is 11.6 Å². The molecule has 1 unspecified atom stereocenters. The molecule has 1 aliphatic heterocycles. The summed E-state index contributed by atoms with van der Waals surface area (Å²) in [5, 5.41) is 0.502. The number of aromatic nitrogens is 4. The third-order valence-electron chi connectivity index (χ3n) is 3.84. The number of anilines is 1. The molecule has 3 heterocycles. The zero-order chi connectivity index (χ0) is 13.9. The molecule has 0 amide bonds. The number of rotatable bonds is 3. The van der Waals surface area contributed by atoms with Crippen LogP contribution in [-0.2, 0) is 6.54 Å². The third kappa shape index (κ3) is 2.93. The Morgan fingerprint density at radius 1 is 1.35 bits per heavy atom. The van der Waals surface area contributed by atoms with E-state index in [9.17, 15) is 0 Å². The Morgan fingerprint density at radius 2 is 2.25 bits per heavy atom. The first kappa shape index (κ1) is 13.4. The summed E-state index contributed by atoms with van der Waals surface area (Å²) in [4.78, 5) is 14.8. The van der Waals surface area contributed by atoms with Crippen molar-refractivity contribution in [3.05, 3.63) is 35.8 Å². The fraction of sp³-hybridized carbons (Fsp3) is 0.500. The Bertz CT molecular complexity index is 582.